The number of hydrogen-bond acceptors (Lipinski definition) is 4. The minimum absolute atomic E-state index is 0.429. The normalized spacial score (nSPS) is 13.2. The van der Waals surface area contributed by atoms with E-state index in [1.807, 2.05) is 36.3 Å². The van der Waals surface area contributed by atoms with E-state index in [2.05, 4.69) is 24.1 Å². The second kappa shape index (κ2) is 5.62. The van der Waals surface area contributed by atoms with Gasteiger partial charge in [-0.2, -0.15) is 11.8 Å². The molecule has 0 aliphatic carbocycles. The van der Waals surface area contributed by atoms with Gasteiger partial charge in [0.2, 0.25) is 0 Å². The van der Waals surface area contributed by atoms with Gasteiger partial charge < -0.3 is 5.32 Å². The first kappa shape index (κ1) is 11.0. The zero-order valence-corrected chi connectivity index (χ0v) is 9.97. The highest BCUT2D eigenvalue weighted by Gasteiger charge is 2.06. The smallest absolute Gasteiger partial charge is 0.103 e. The van der Waals surface area contributed by atoms with Gasteiger partial charge >= 0.3 is 0 Å². The van der Waals surface area contributed by atoms with Crippen LogP contribution in [0, 0.1) is 0 Å². The molecule has 0 fully saturated rings. The molecule has 1 rings (SSSR count). The van der Waals surface area contributed by atoms with Crippen LogP contribution in [0.15, 0.2) is 6.20 Å². The Morgan fingerprint density at radius 3 is 3.08 bits per heavy atom. The number of hydrogen-bond donors (Lipinski definition) is 1. The highest BCUT2D eigenvalue weighted by molar-refractivity contribution is 7.98. The lowest BCUT2D eigenvalue weighted by Crippen LogP contribution is -2.10. The van der Waals surface area contributed by atoms with E-state index in [0.29, 0.717) is 6.04 Å². The van der Waals surface area contributed by atoms with Crippen LogP contribution in [-0.4, -0.2) is 17.8 Å². The molecule has 0 radical (unpaired) electrons. The van der Waals surface area contributed by atoms with Gasteiger partial charge in [0.1, 0.15) is 5.01 Å². The summed E-state index contributed by atoms with van der Waals surface area (Å²) in [7, 11) is 1.98. The number of nitrogens with zero attached hydrogens (tertiary/aromatic N) is 1. The fourth-order valence-corrected chi connectivity index (χ4v) is 2.64. The second-order valence-corrected chi connectivity index (χ2v) is 5.22. The predicted molar refractivity (Wildman–Crippen MR) is 61.4 cm³/mol. The van der Waals surface area contributed by atoms with E-state index in [4.69, 9.17) is 0 Å². The summed E-state index contributed by atoms with van der Waals surface area (Å²) in [5.74, 6) is 2.22. The molecule has 4 heteroatoms. The van der Waals surface area contributed by atoms with E-state index in [9.17, 15) is 0 Å². The first-order valence-electron chi connectivity index (χ1n) is 4.47. The summed E-state index contributed by atoms with van der Waals surface area (Å²) in [5, 5.41) is 4.45. The monoisotopic (exact) mass is 216 g/mol. The first-order chi connectivity index (χ1) is 6.27. The molecule has 0 amide bonds. The molecule has 1 aromatic rings. The Hall–Kier alpha value is -0.0600. The molecule has 0 saturated carbocycles. The third-order valence-electron chi connectivity index (χ3n) is 1.86. The summed E-state index contributed by atoms with van der Waals surface area (Å²) in [4.78, 5) is 5.71. The van der Waals surface area contributed by atoms with Gasteiger partial charge in [-0.3, -0.25) is 0 Å². The number of aromatic nitrogens is 1. The molecule has 0 bridgehead atoms. The van der Waals surface area contributed by atoms with Crippen molar-refractivity contribution in [2.45, 2.75) is 25.6 Å². The van der Waals surface area contributed by atoms with Crippen molar-refractivity contribution >= 4 is 23.1 Å². The molecule has 0 aliphatic heterocycles. The van der Waals surface area contributed by atoms with Crippen molar-refractivity contribution < 1.29 is 0 Å². The SMILES string of the molecule is CCSCc1ncc(C(C)NC)s1. The maximum Gasteiger partial charge on any atom is 0.103 e. The van der Waals surface area contributed by atoms with Crippen LogP contribution in [0.4, 0.5) is 0 Å². The molecule has 1 aromatic heterocycles. The zero-order chi connectivity index (χ0) is 9.68. The highest BCUT2D eigenvalue weighted by Crippen LogP contribution is 2.23. The van der Waals surface area contributed by atoms with Gasteiger partial charge in [-0.05, 0) is 19.7 Å². The van der Waals surface area contributed by atoms with Gasteiger partial charge in [-0.15, -0.1) is 11.3 Å². The van der Waals surface area contributed by atoms with Crippen LogP contribution in [0.5, 0.6) is 0 Å². The molecule has 1 heterocycles. The summed E-state index contributed by atoms with van der Waals surface area (Å²) in [6.45, 7) is 4.33. The van der Waals surface area contributed by atoms with Gasteiger partial charge in [0.05, 0.1) is 0 Å². The molecule has 0 saturated heterocycles. The van der Waals surface area contributed by atoms with Crippen molar-refractivity contribution in [3.05, 3.63) is 16.1 Å². The molecule has 0 aromatic carbocycles. The number of thiazole rings is 1. The lowest BCUT2D eigenvalue weighted by Gasteiger charge is -2.04. The van der Waals surface area contributed by atoms with E-state index in [-0.39, 0.29) is 0 Å². The molecule has 1 unspecified atom stereocenters. The van der Waals surface area contributed by atoms with Crippen LogP contribution in [0.2, 0.25) is 0 Å². The van der Waals surface area contributed by atoms with Gasteiger partial charge in [0.15, 0.2) is 0 Å². The van der Waals surface area contributed by atoms with Gasteiger partial charge in [0.25, 0.3) is 0 Å². The van der Waals surface area contributed by atoms with Gasteiger partial charge in [-0.1, -0.05) is 6.92 Å². The standard InChI is InChI=1S/C9H16N2S2/c1-4-12-6-9-11-5-8(13-9)7(2)10-3/h5,7,10H,4,6H2,1-3H3. The van der Waals surface area contributed by atoms with Crippen LogP contribution in [0.1, 0.15) is 29.8 Å². The minimum atomic E-state index is 0.429. The van der Waals surface area contributed by atoms with Crippen molar-refractivity contribution in [2.75, 3.05) is 12.8 Å². The van der Waals surface area contributed by atoms with Crippen LogP contribution < -0.4 is 5.32 Å². The first-order valence-corrected chi connectivity index (χ1v) is 6.44. The second-order valence-electron chi connectivity index (χ2n) is 2.80. The van der Waals surface area contributed by atoms with Crippen LogP contribution in [0.3, 0.4) is 0 Å². The van der Waals surface area contributed by atoms with Crippen LogP contribution >= 0.6 is 23.1 Å². The van der Waals surface area contributed by atoms with Crippen LogP contribution in [0.25, 0.3) is 0 Å². The number of nitrogens with one attached hydrogen (secondary N) is 1. The predicted octanol–water partition coefficient (Wildman–Crippen LogP) is 2.68. The average molecular weight is 216 g/mol. The third-order valence-corrected chi connectivity index (χ3v) is 4.11. The van der Waals surface area contributed by atoms with Gasteiger partial charge in [0, 0.05) is 22.9 Å². The Bertz CT molecular complexity index is 248. The quantitative estimate of drug-likeness (QED) is 0.819. The van der Waals surface area contributed by atoms with Crippen molar-refractivity contribution in [3.8, 4) is 0 Å². The molecule has 74 valence electrons. The molecule has 1 N–H and O–H groups in total. The molecule has 2 nitrogen and oxygen atoms in total. The van der Waals surface area contributed by atoms with E-state index >= 15 is 0 Å². The summed E-state index contributed by atoms with van der Waals surface area (Å²) in [5.41, 5.74) is 0. The average Bonchev–Trinajstić information content (AvgIpc) is 2.62. The van der Waals surface area contributed by atoms with E-state index in [1.54, 1.807) is 0 Å². The van der Waals surface area contributed by atoms with Crippen molar-refractivity contribution in [2.24, 2.45) is 0 Å². The fraction of sp³-hybridized carbons (Fsp3) is 0.667. The largest absolute Gasteiger partial charge is 0.312 e. The van der Waals surface area contributed by atoms with E-state index < -0.39 is 0 Å². The molecule has 1 atom stereocenters. The topological polar surface area (TPSA) is 24.9 Å². The molecular weight excluding hydrogens is 200 g/mol. The fourth-order valence-electron chi connectivity index (χ4n) is 0.923. The maximum atomic E-state index is 4.38. The number of rotatable bonds is 5. The minimum Gasteiger partial charge on any atom is -0.312 e. The lowest BCUT2D eigenvalue weighted by molar-refractivity contribution is 0.662. The molecule has 13 heavy (non-hydrogen) atoms. The molecule has 0 aliphatic rings. The Labute approximate surface area is 88.2 Å². The highest BCUT2D eigenvalue weighted by atomic mass is 32.2. The Balaban J connectivity index is 2.53. The van der Waals surface area contributed by atoms with Crippen LogP contribution in [-0.2, 0) is 5.75 Å². The Morgan fingerprint density at radius 1 is 1.69 bits per heavy atom. The maximum absolute atomic E-state index is 4.38. The van der Waals surface area contributed by atoms with Crippen molar-refractivity contribution in [1.82, 2.24) is 10.3 Å². The Kier molecular flexibility index (Phi) is 4.77. The van der Waals surface area contributed by atoms with E-state index in [0.717, 1.165) is 11.5 Å². The molecule has 0 spiro atoms. The summed E-state index contributed by atoms with van der Waals surface area (Å²) < 4.78 is 0. The summed E-state index contributed by atoms with van der Waals surface area (Å²) in [6.07, 6.45) is 1.98. The van der Waals surface area contributed by atoms with Crippen molar-refractivity contribution in [1.29, 1.82) is 0 Å². The third kappa shape index (κ3) is 3.29. The summed E-state index contributed by atoms with van der Waals surface area (Å²) in [6, 6.07) is 0.429. The summed E-state index contributed by atoms with van der Waals surface area (Å²) >= 11 is 3.73. The van der Waals surface area contributed by atoms with Gasteiger partial charge in [-0.25, -0.2) is 4.98 Å². The number of thioether (sulfide) groups is 1. The lowest BCUT2D eigenvalue weighted by atomic mass is 10.3. The van der Waals surface area contributed by atoms with Crippen molar-refractivity contribution in [3.63, 3.8) is 0 Å². The zero-order valence-electron chi connectivity index (χ0n) is 8.33. The molecular formula is C9H16N2S2. The van der Waals surface area contributed by atoms with E-state index in [1.165, 1.54) is 9.88 Å². The Morgan fingerprint density at radius 2 is 2.46 bits per heavy atom.